The van der Waals surface area contributed by atoms with Crippen LogP contribution in [0.2, 0.25) is 0 Å². The van der Waals surface area contributed by atoms with Gasteiger partial charge in [0.2, 0.25) is 0 Å². The first kappa shape index (κ1) is 13.5. The molecule has 2 aromatic carbocycles. The summed E-state index contributed by atoms with van der Waals surface area (Å²) in [5.41, 5.74) is 10.1. The summed E-state index contributed by atoms with van der Waals surface area (Å²) in [5.74, 6) is 0.734. The number of methoxy groups -OCH3 is 1. The van der Waals surface area contributed by atoms with Crippen LogP contribution in [0.1, 0.15) is 0 Å². The molecule has 5 heteroatoms. The number of benzene rings is 2. The smallest absolute Gasteiger partial charge is 0.272 e. The van der Waals surface area contributed by atoms with E-state index in [0.29, 0.717) is 0 Å². The van der Waals surface area contributed by atoms with E-state index in [0.717, 1.165) is 38.8 Å². The van der Waals surface area contributed by atoms with Crippen LogP contribution in [0, 0.1) is 0 Å². The summed E-state index contributed by atoms with van der Waals surface area (Å²) in [6.07, 6.45) is 0. The van der Waals surface area contributed by atoms with Crippen LogP contribution >= 0.6 is 0 Å². The first-order valence-electron chi connectivity index (χ1n) is 7.25. The van der Waals surface area contributed by atoms with Crippen molar-refractivity contribution in [2.75, 3.05) is 12.8 Å². The fourth-order valence-electron chi connectivity index (χ4n) is 2.95. The molecule has 0 aliphatic heterocycles. The van der Waals surface area contributed by atoms with E-state index in [1.54, 1.807) is 7.11 Å². The number of H-pyrrole nitrogens is 2. The topological polar surface area (TPSA) is 83.9 Å². The maximum Gasteiger partial charge on any atom is 0.272 e. The molecule has 0 atom stereocenters. The van der Waals surface area contributed by atoms with Gasteiger partial charge >= 0.3 is 0 Å². The highest BCUT2D eigenvalue weighted by molar-refractivity contribution is 6.12. The molecule has 0 unspecified atom stereocenters. The summed E-state index contributed by atoms with van der Waals surface area (Å²) < 4.78 is 5.28. The molecule has 4 N–H and O–H groups in total. The Kier molecular flexibility index (Phi) is 2.87. The van der Waals surface area contributed by atoms with Gasteiger partial charge in [-0.1, -0.05) is 30.3 Å². The van der Waals surface area contributed by atoms with Gasteiger partial charge in [0, 0.05) is 16.5 Å². The first-order valence-corrected chi connectivity index (χ1v) is 7.25. The Morgan fingerprint density at radius 2 is 1.78 bits per heavy atom. The molecule has 0 bridgehead atoms. The quantitative estimate of drug-likeness (QED) is 0.531. The average Bonchev–Trinajstić information content (AvgIpc) is 2.93. The Balaban J connectivity index is 2.17. The number of hydrogen-bond acceptors (Lipinski definition) is 3. The highest BCUT2D eigenvalue weighted by Crippen LogP contribution is 2.35. The van der Waals surface area contributed by atoms with Crippen LogP contribution in [0.5, 0.6) is 5.75 Å². The fourth-order valence-corrected chi connectivity index (χ4v) is 2.95. The lowest BCUT2D eigenvalue weighted by Gasteiger charge is -2.07. The third kappa shape index (κ3) is 1.97. The zero-order valence-corrected chi connectivity index (χ0v) is 12.5. The van der Waals surface area contributed by atoms with Crippen LogP contribution in [0.15, 0.2) is 53.3 Å². The van der Waals surface area contributed by atoms with Gasteiger partial charge < -0.3 is 20.4 Å². The van der Waals surface area contributed by atoms with Crippen LogP contribution in [-0.2, 0) is 0 Å². The molecule has 0 saturated heterocycles. The van der Waals surface area contributed by atoms with Crippen molar-refractivity contribution in [2.24, 2.45) is 0 Å². The van der Waals surface area contributed by atoms with Crippen molar-refractivity contribution in [2.45, 2.75) is 0 Å². The summed E-state index contributed by atoms with van der Waals surface area (Å²) in [7, 11) is 1.62. The lowest BCUT2D eigenvalue weighted by molar-refractivity contribution is 0.415. The molecule has 0 amide bonds. The van der Waals surface area contributed by atoms with Crippen molar-refractivity contribution in [1.29, 1.82) is 0 Å². The Bertz CT molecular complexity index is 1080. The molecule has 23 heavy (non-hydrogen) atoms. The monoisotopic (exact) mass is 305 g/mol. The van der Waals surface area contributed by atoms with E-state index in [9.17, 15) is 4.79 Å². The number of pyridine rings is 1. The lowest BCUT2D eigenvalue weighted by Crippen LogP contribution is -2.13. The number of ether oxygens (including phenoxy) is 1. The number of aromatic amines is 2. The lowest BCUT2D eigenvalue weighted by atomic mass is 10.0. The summed E-state index contributed by atoms with van der Waals surface area (Å²) >= 11 is 0. The second-order valence-corrected chi connectivity index (χ2v) is 5.40. The summed E-state index contributed by atoms with van der Waals surface area (Å²) in [6.45, 7) is 0. The molecule has 0 aliphatic rings. The zero-order valence-electron chi connectivity index (χ0n) is 12.5. The van der Waals surface area contributed by atoms with Crippen molar-refractivity contribution in [3.05, 3.63) is 58.9 Å². The maximum atomic E-state index is 12.3. The van der Waals surface area contributed by atoms with E-state index in [1.807, 2.05) is 48.5 Å². The molecular formula is C18H15N3O2. The normalized spacial score (nSPS) is 11.2. The highest BCUT2D eigenvalue weighted by atomic mass is 16.5. The van der Waals surface area contributed by atoms with Gasteiger partial charge in [-0.3, -0.25) is 4.79 Å². The summed E-state index contributed by atoms with van der Waals surface area (Å²) in [5, 5.41) is 0.897. The molecule has 4 aromatic rings. The van der Waals surface area contributed by atoms with Crippen LogP contribution in [-0.4, -0.2) is 17.1 Å². The molecule has 114 valence electrons. The molecule has 2 aromatic heterocycles. The van der Waals surface area contributed by atoms with E-state index in [2.05, 4.69) is 9.97 Å². The number of anilines is 1. The molecule has 0 fully saturated rings. The number of nitrogens with two attached hydrogens (primary N) is 1. The van der Waals surface area contributed by atoms with Gasteiger partial charge in [0.15, 0.2) is 0 Å². The van der Waals surface area contributed by atoms with Crippen LogP contribution < -0.4 is 16.0 Å². The van der Waals surface area contributed by atoms with Gasteiger partial charge in [-0.2, -0.15) is 0 Å². The maximum absolute atomic E-state index is 12.3. The van der Waals surface area contributed by atoms with Crippen molar-refractivity contribution in [3.8, 4) is 16.9 Å². The second-order valence-electron chi connectivity index (χ2n) is 5.40. The Labute approximate surface area is 131 Å². The van der Waals surface area contributed by atoms with Gasteiger partial charge in [-0.25, -0.2) is 0 Å². The Morgan fingerprint density at radius 3 is 2.52 bits per heavy atom. The number of aromatic nitrogens is 2. The van der Waals surface area contributed by atoms with Crippen molar-refractivity contribution in [1.82, 2.24) is 9.97 Å². The summed E-state index contributed by atoms with van der Waals surface area (Å²) in [4.78, 5) is 18.5. The third-order valence-electron chi connectivity index (χ3n) is 4.07. The molecule has 2 heterocycles. The molecule has 0 saturated carbocycles. The third-order valence-corrected chi connectivity index (χ3v) is 4.07. The van der Waals surface area contributed by atoms with E-state index < -0.39 is 0 Å². The number of nitrogen functional groups attached to an aromatic ring is 1. The van der Waals surface area contributed by atoms with Gasteiger partial charge in [0.1, 0.15) is 11.4 Å². The van der Waals surface area contributed by atoms with E-state index in [-0.39, 0.29) is 11.2 Å². The molecule has 5 nitrogen and oxygen atoms in total. The van der Waals surface area contributed by atoms with Crippen molar-refractivity contribution < 1.29 is 4.74 Å². The molecule has 4 rings (SSSR count). The number of rotatable bonds is 2. The van der Waals surface area contributed by atoms with Gasteiger partial charge in [-0.15, -0.1) is 0 Å². The molecule has 0 radical (unpaired) electrons. The predicted octanol–water partition coefficient (Wildman–Crippen LogP) is 3.27. The van der Waals surface area contributed by atoms with Crippen molar-refractivity contribution in [3.63, 3.8) is 0 Å². The van der Waals surface area contributed by atoms with Crippen LogP contribution in [0.3, 0.4) is 0 Å². The molecule has 0 spiro atoms. The van der Waals surface area contributed by atoms with E-state index in [1.165, 1.54) is 0 Å². The average molecular weight is 305 g/mol. The predicted molar refractivity (Wildman–Crippen MR) is 92.8 cm³/mol. The largest absolute Gasteiger partial charge is 0.497 e. The van der Waals surface area contributed by atoms with E-state index in [4.69, 9.17) is 10.5 Å². The summed E-state index contributed by atoms with van der Waals surface area (Å²) in [6, 6.07) is 15.4. The van der Waals surface area contributed by atoms with Gasteiger partial charge in [0.05, 0.1) is 18.1 Å². The first-order chi connectivity index (χ1) is 11.2. The number of nitrogens with one attached hydrogen (secondary N) is 2. The Morgan fingerprint density at radius 1 is 1.00 bits per heavy atom. The Hall–Kier alpha value is -3.21. The standard InChI is InChI=1S/C18H15N3O2/c1-23-11-7-8-13-12(9-11)16-17(20-13)14(15(19)18(22)21-16)10-5-3-2-4-6-10/h2-9,20H,19H2,1H3,(H,21,22). The molecular weight excluding hydrogens is 290 g/mol. The minimum absolute atomic E-state index is 0.210. The number of hydrogen-bond donors (Lipinski definition) is 3. The minimum atomic E-state index is -0.292. The SMILES string of the molecule is COc1ccc2[nH]c3c(-c4ccccc4)c(N)c(=O)[nH]c3c2c1. The van der Waals surface area contributed by atoms with Gasteiger partial charge in [-0.05, 0) is 23.8 Å². The van der Waals surface area contributed by atoms with Crippen LogP contribution in [0.25, 0.3) is 33.1 Å². The van der Waals surface area contributed by atoms with Gasteiger partial charge in [0.25, 0.3) is 5.56 Å². The second kappa shape index (κ2) is 4.91. The van der Waals surface area contributed by atoms with Crippen molar-refractivity contribution >= 4 is 27.6 Å². The zero-order chi connectivity index (χ0) is 16.0. The highest BCUT2D eigenvalue weighted by Gasteiger charge is 2.16. The van der Waals surface area contributed by atoms with E-state index >= 15 is 0 Å². The minimum Gasteiger partial charge on any atom is -0.497 e. The molecule has 0 aliphatic carbocycles. The number of fused-ring (bicyclic) bond motifs is 3. The fraction of sp³-hybridized carbons (Fsp3) is 0.0556. The van der Waals surface area contributed by atoms with Crippen LogP contribution in [0.4, 0.5) is 5.69 Å².